The number of aromatic nitrogens is 3. The largest absolute Gasteiger partial charge is 0.360 e. The van der Waals surface area contributed by atoms with Gasteiger partial charge < -0.3 is 4.98 Å². The van der Waals surface area contributed by atoms with Crippen molar-refractivity contribution in [3.63, 3.8) is 0 Å². The molecule has 0 radical (unpaired) electrons. The van der Waals surface area contributed by atoms with Gasteiger partial charge in [0.1, 0.15) is 15.7 Å². The van der Waals surface area contributed by atoms with Crippen molar-refractivity contribution < 1.29 is 4.79 Å². The number of nitrogens with one attached hydrogen (secondary N) is 1. The molecule has 3 heterocycles. The average Bonchev–Trinajstić information content (AvgIpc) is 3.47. The molecule has 190 valence electrons. The van der Waals surface area contributed by atoms with Gasteiger partial charge >= 0.3 is 0 Å². The number of benzene rings is 1. The zero-order valence-corrected chi connectivity index (χ0v) is 23.0. The third-order valence-electron chi connectivity index (χ3n) is 9.86. The summed E-state index contributed by atoms with van der Waals surface area (Å²) < 4.78 is 0. The van der Waals surface area contributed by atoms with Crippen molar-refractivity contribution in [1.82, 2.24) is 15.0 Å². The standard InChI is InChI=1S/C31H33N3OS2/c1-17-6-7-22-26(8-17)37-29-27(22)28(36-16-25(35)23-15-32-24-5-3-2-4-21(23)24)33-30(34-29)31-12-18-9-19(13-31)11-20(10-18)14-31/h2-5,15,17-20,32H,6-14,16H2,1H3/t17-,18?,19?,20?,31?/m1/s1. The van der Waals surface area contributed by atoms with Gasteiger partial charge in [-0.3, -0.25) is 4.79 Å². The molecule has 0 unspecified atom stereocenters. The molecule has 4 saturated carbocycles. The lowest BCUT2D eigenvalue weighted by molar-refractivity contribution is -0.00946. The summed E-state index contributed by atoms with van der Waals surface area (Å²) >= 11 is 3.57. The van der Waals surface area contributed by atoms with Crippen LogP contribution in [0.4, 0.5) is 0 Å². The first-order valence-electron chi connectivity index (χ1n) is 14.1. The highest BCUT2D eigenvalue weighted by atomic mass is 32.2. The van der Waals surface area contributed by atoms with Crippen molar-refractivity contribution in [2.24, 2.45) is 23.7 Å². The van der Waals surface area contributed by atoms with Crippen LogP contribution in [0.1, 0.15) is 78.5 Å². The summed E-state index contributed by atoms with van der Waals surface area (Å²) in [6, 6.07) is 8.08. The number of fused-ring (bicyclic) bond motifs is 4. The van der Waals surface area contributed by atoms with Crippen molar-refractivity contribution >= 4 is 50.0 Å². The monoisotopic (exact) mass is 527 g/mol. The van der Waals surface area contributed by atoms with Crippen molar-refractivity contribution in [2.45, 2.75) is 75.2 Å². The summed E-state index contributed by atoms with van der Waals surface area (Å²) in [4.78, 5) is 30.2. The van der Waals surface area contributed by atoms with E-state index in [4.69, 9.17) is 9.97 Å². The second-order valence-electron chi connectivity index (χ2n) is 12.5. The molecule has 4 fully saturated rings. The van der Waals surface area contributed by atoms with Gasteiger partial charge in [0.25, 0.3) is 0 Å². The van der Waals surface area contributed by atoms with Crippen molar-refractivity contribution in [3.8, 4) is 0 Å². The molecular formula is C31H33N3OS2. The summed E-state index contributed by atoms with van der Waals surface area (Å²) in [5.74, 6) is 5.01. The van der Waals surface area contributed by atoms with E-state index in [0.717, 1.165) is 63.8 Å². The maximum absolute atomic E-state index is 13.4. The highest BCUT2D eigenvalue weighted by Gasteiger charge is 2.53. The Balaban J connectivity index is 1.19. The van der Waals surface area contributed by atoms with Crippen LogP contribution in [-0.4, -0.2) is 26.5 Å². The van der Waals surface area contributed by atoms with Gasteiger partial charge in [0.05, 0.1) is 5.75 Å². The van der Waals surface area contributed by atoms with E-state index in [1.165, 1.54) is 65.6 Å². The summed E-state index contributed by atoms with van der Waals surface area (Å²) in [7, 11) is 0. The molecule has 6 heteroatoms. The third kappa shape index (κ3) is 3.65. The third-order valence-corrected chi connectivity index (χ3v) is 12.0. The molecule has 1 atom stereocenters. The van der Waals surface area contributed by atoms with Crippen molar-refractivity contribution in [2.75, 3.05) is 5.75 Å². The number of aromatic amines is 1. The minimum Gasteiger partial charge on any atom is -0.360 e. The van der Waals surface area contributed by atoms with E-state index in [-0.39, 0.29) is 11.2 Å². The Labute approximate surface area is 226 Å². The van der Waals surface area contributed by atoms with Crippen LogP contribution < -0.4 is 0 Å². The number of thioether (sulfide) groups is 1. The number of carbonyl (C=O) groups excluding carboxylic acids is 1. The van der Waals surface area contributed by atoms with Gasteiger partial charge in [-0.25, -0.2) is 9.97 Å². The second kappa shape index (κ2) is 8.41. The van der Waals surface area contributed by atoms with Gasteiger partial charge in [0.15, 0.2) is 5.78 Å². The van der Waals surface area contributed by atoms with Crippen LogP contribution in [0, 0.1) is 23.7 Å². The number of nitrogens with zero attached hydrogens (tertiary/aromatic N) is 2. The van der Waals surface area contributed by atoms with Crippen LogP contribution in [-0.2, 0) is 18.3 Å². The van der Waals surface area contributed by atoms with Crippen LogP contribution in [0.3, 0.4) is 0 Å². The van der Waals surface area contributed by atoms with Crippen LogP contribution >= 0.6 is 23.1 Å². The van der Waals surface area contributed by atoms with Crippen LogP contribution in [0.2, 0.25) is 0 Å². The maximum atomic E-state index is 13.4. The van der Waals surface area contributed by atoms with Gasteiger partial charge in [-0.15, -0.1) is 11.3 Å². The zero-order chi connectivity index (χ0) is 24.7. The van der Waals surface area contributed by atoms with E-state index in [1.807, 2.05) is 41.8 Å². The first-order chi connectivity index (χ1) is 18.0. The maximum Gasteiger partial charge on any atom is 0.175 e. The Morgan fingerprint density at radius 2 is 1.86 bits per heavy atom. The summed E-state index contributed by atoms with van der Waals surface area (Å²) in [5.41, 5.74) is 3.44. The van der Waals surface area contributed by atoms with Crippen LogP contribution in [0.5, 0.6) is 0 Å². The SMILES string of the molecule is C[C@@H]1CCc2c(sc3nc(C45CC6CC(CC(C6)C4)C5)nc(SCC(=O)c4c[nH]c5ccccc45)c23)C1. The Bertz CT molecular complexity index is 1510. The lowest BCUT2D eigenvalue weighted by Crippen LogP contribution is -2.49. The highest BCUT2D eigenvalue weighted by molar-refractivity contribution is 8.00. The number of aryl methyl sites for hydroxylation is 1. The fourth-order valence-corrected chi connectivity index (χ4v) is 10.9. The van der Waals surface area contributed by atoms with Gasteiger partial charge in [0, 0.05) is 38.3 Å². The molecule has 9 rings (SSSR count). The molecule has 0 amide bonds. The summed E-state index contributed by atoms with van der Waals surface area (Å²) in [6.07, 6.45) is 13.4. The fraction of sp³-hybridized carbons (Fsp3) is 0.516. The number of hydrogen-bond acceptors (Lipinski definition) is 5. The molecule has 0 saturated heterocycles. The van der Waals surface area contributed by atoms with Crippen LogP contribution in [0.25, 0.3) is 21.1 Å². The van der Waals surface area contributed by atoms with Gasteiger partial charge in [-0.05, 0) is 93.1 Å². The molecule has 37 heavy (non-hydrogen) atoms. The van der Waals surface area contributed by atoms with E-state index < -0.39 is 0 Å². The number of hydrogen-bond donors (Lipinski definition) is 1. The van der Waals surface area contributed by atoms with E-state index in [2.05, 4.69) is 11.9 Å². The fourth-order valence-electron chi connectivity index (χ4n) is 8.55. The van der Waals surface area contributed by atoms with E-state index >= 15 is 0 Å². The topological polar surface area (TPSA) is 58.6 Å². The van der Waals surface area contributed by atoms with Gasteiger partial charge in [-0.2, -0.15) is 0 Å². The van der Waals surface area contributed by atoms with Gasteiger partial charge in [-0.1, -0.05) is 36.9 Å². The quantitative estimate of drug-likeness (QED) is 0.164. The lowest BCUT2D eigenvalue weighted by Gasteiger charge is -2.56. The Morgan fingerprint density at radius 3 is 2.65 bits per heavy atom. The second-order valence-corrected chi connectivity index (χ2v) is 14.6. The number of ketones is 1. The number of H-pyrrole nitrogens is 1. The molecule has 1 aromatic carbocycles. The Hall–Kier alpha value is -2.18. The van der Waals surface area contributed by atoms with Crippen molar-refractivity contribution in [1.29, 1.82) is 0 Å². The minimum absolute atomic E-state index is 0.164. The smallest absolute Gasteiger partial charge is 0.175 e. The minimum atomic E-state index is 0.164. The lowest BCUT2D eigenvalue weighted by atomic mass is 9.49. The number of rotatable bonds is 5. The Kier molecular flexibility index (Phi) is 5.18. The first kappa shape index (κ1) is 22.8. The molecule has 3 aromatic heterocycles. The van der Waals surface area contributed by atoms with E-state index in [9.17, 15) is 4.79 Å². The summed E-state index contributed by atoms with van der Waals surface area (Å²) in [6.45, 7) is 2.37. The average molecular weight is 528 g/mol. The molecule has 0 spiro atoms. The number of thiophene rings is 1. The zero-order valence-electron chi connectivity index (χ0n) is 21.4. The number of para-hydroxylation sites is 1. The molecule has 4 aromatic rings. The normalized spacial score (nSPS) is 30.3. The van der Waals surface area contributed by atoms with Crippen molar-refractivity contribution in [3.05, 3.63) is 52.3 Å². The highest BCUT2D eigenvalue weighted by Crippen LogP contribution is 2.60. The molecule has 5 aliphatic rings. The molecule has 1 N–H and O–H groups in total. The molecule has 4 bridgehead atoms. The molecular weight excluding hydrogens is 494 g/mol. The molecule has 5 aliphatic carbocycles. The molecule has 0 aliphatic heterocycles. The number of Topliss-reactive ketones (excluding diaryl/α,β-unsaturated/α-hetero) is 1. The first-order valence-corrected chi connectivity index (χ1v) is 15.9. The Morgan fingerprint density at radius 1 is 1.11 bits per heavy atom. The summed E-state index contributed by atoms with van der Waals surface area (Å²) in [5, 5.41) is 3.34. The predicted octanol–water partition coefficient (Wildman–Crippen LogP) is 7.74. The van der Waals surface area contributed by atoms with E-state index in [0.29, 0.717) is 5.75 Å². The van der Waals surface area contributed by atoms with Crippen LogP contribution in [0.15, 0.2) is 35.5 Å². The van der Waals surface area contributed by atoms with E-state index in [1.54, 1.807) is 11.8 Å². The predicted molar refractivity (Wildman–Crippen MR) is 152 cm³/mol. The van der Waals surface area contributed by atoms with Gasteiger partial charge in [0.2, 0.25) is 0 Å². The number of carbonyl (C=O) groups is 1. The molecule has 4 nitrogen and oxygen atoms in total.